The first-order valence-electron chi connectivity index (χ1n) is 30.0. The lowest BCUT2D eigenvalue weighted by Crippen LogP contribution is -2.29. The second-order valence-corrected chi connectivity index (χ2v) is 21.7. The van der Waals surface area contributed by atoms with Gasteiger partial charge in [-0.2, -0.15) is 0 Å². The molecule has 0 spiro atoms. The van der Waals surface area contributed by atoms with Crippen molar-refractivity contribution in [1.82, 2.24) is 0 Å². The van der Waals surface area contributed by atoms with E-state index in [-0.39, 0.29) is 38.6 Å². The summed E-state index contributed by atoms with van der Waals surface area (Å²) >= 11 is 0. The molecule has 10 heteroatoms. The maximum atomic E-state index is 12.7. The third kappa shape index (κ3) is 55.5. The molecular formula is C60H114NO8P. The molecule has 0 aromatic carbocycles. The average Bonchev–Trinajstić information content (AvgIpc) is 3.35. The van der Waals surface area contributed by atoms with Crippen molar-refractivity contribution >= 4 is 19.8 Å². The van der Waals surface area contributed by atoms with Gasteiger partial charge < -0.3 is 20.1 Å². The van der Waals surface area contributed by atoms with Gasteiger partial charge in [-0.3, -0.25) is 18.6 Å². The Morgan fingerprint density at radius 1 is 0.429 bits per heavy atom. The molecule has 0 aliphatic rings. The van der Waals surface area contributed by atoms with Gasteiger partial charge in [-0.05, 0) is 70.6 Å². The quantitative estimate of drug-likeness (QED) is 0.0264. The molecular weight excluding hydrogens is 894 g/mol. The van der Waals surface area contributed by atoms with Gasteiger partial charge in [-0.25, -0.2) is 4.57 Å². The highest BCUT2D eigenvalue weighted by Crippen LogP contribution is 2.43. The molecule has 0 bridgehead atoms. The SMILES string of the molecule is CCCCC/C=C\CCCCCCCC(=O)OCC(COP(=O)(O)OCCN)OC(=O)CCCCCCCCCCCCCCCCCCCCCCCCCCC/C=C\C/C=C\CCCCCCC. The molecule has 0 aromatic rings. The van der Waals surface area contributed by atoms with Crippen LogP contribution in [0.5, 0.6) is 0 Å². The molecule has 0 radical (unpaired) electrons. The van der Waals surface area contributed by atoms with E-state index in [2.05, 4.69) is 50.3 Å². The van der Waals surface area contributed by atoms with Gasteiger partial charge in [0, 0.05) is 19.4 Å². The van der Waals surface area contributed by atoms with E-state index in [1.165, 1.54) is 212 Å². The third-order valence-electron chi connectivity index (χ3n) is 13.2. The summed E-state index contributed by atoms with van der Waals surface area (Å²) < 4.78 is 32.9. The van der Waals surface area contributed by atoms with E-state index in [4.69, 9.17) is 24.3 Å². The van der Waals surface area contributed by atoms with Crippen molar-refractivity contribution in [3.05, 3.63) is 36.5 Å². The third-order valence-corrected chi connectivity index (χ3v) is 14.2. The van der Waals surface area contributed by atoms with E-state index in [9.17, 15) is 19.0 Å². The van der Waals surface area contributed by atoms with Crippen LogP contribution in [0.15, 0.2) is 36.5 Å². The van der Waals surface area contributed by atoms with E-state index in [0.29, 0.717) is 6.42 Å². The minimum Gasteiger partial charge on any atom is -0.462 e. The first-order chi connectivity index (χ1) is 34.3. The van der Waals surface area contributed by atoms with E-state index in [0.717, 1.165) is 57.8 Å². The number of hydrogen-bond acceptors (Lipinski definition) is 8. The number of unbranched alkanes of at least 4 members (excludes halogenated alkanes) is 38. The number of carbonyl (C=O) groups excluding carboxylic acids is 2. The van der Waals surface area contributed by atoms with Crippen LogP contribution < -0.4 is 5.73 Å². The first kappa shape index (κ1) is 68.2. The second-order valence-electron chi connectivity index (χ2n) is 20.2. The number of phosphoric ester groups is 1. The fourth-order valence-electron chi connectivity index (χ4n) is 8.78. The Morgan fingerprint density at radius 3 is 1.13 bits per heavy atom. The lowest BCUT2D eigenvalue weighted by Gasteiger charge is -2.19. The maximum absolute atomic E-state index is 12.7. The van der Waals surface area contributed by atoms with Gasteiger partial charge in [0.25, 0.3) is 0 Å². The number of phosphoric acid groups is 1. The number of nitrogens with two attached hydrogens (primary N) is 1. The summed E-state index contributed by atoms with van der Waals surface area (Å²) in [6, 6.07) is 0. The molecule has 0 aliphatic heterocycles. The lowest BCUT2D eigenvalue weighted by molar-refractivity contribution is -0.161. The zero-order valence-corrected chi connectivity index (χ0v) is 46.9. The molecule has 2 unspecified atom stereocenters. The highest BCUT2D eigenvalue weighted by Gasteiger charge is 2.26. The Kier molecular flexibility index (Phi) is 55.1. The van der Waals surface area contributed by atoms with E-state index < -0.39 is 26.5 Å². The van der Waals surface area contributed by atoms with Crippen LogP contribution >= 0.6 is 7.82 Å². The number of hydrogen-bond donors (Lipinski definition) is 2. The summed E-state index contributed by atoms with van der Waals surface area (Å²) in [6.45, 7) is 3.73. The van der Waals surface area contributed by atoms with Crippen molar-refractivity contribution in [2.75, 3.05) is 26.4 Å². The van der Waals surface area contributed by atoms with Crippen LogP contribution in [0.25, 0.3) is 0 Å². The van der Waals surface area contributed by atoms with Crippen LogP contribution in [0.4, 0.5) is 0 Å². The van der Waals surface area contributed by atoms with Gasteiger partial charge in [0.15, 0.2) is 6.10 Å². The first-order valence-corrected chi connectivity index (χ1v) is 31.5. The Bertz CT molecular complexity index is 1240. The molecule has 0 saturated heterocycles. The monoisotopic (exact) mass is 1010 g/mol. The topological polar surface area (TPSA) is 134 Å². The zero-order chi connectivity index (χ0) is 51.0. The van der Waals surface area contributed by atoms with Gasteiger partial charge >= 0.3 is 19.8 Å². The van der Waals surface area contributed by atoms with Gasteiger partial charge in [0.1, 0.15) is 6.61 Å². The molecule has 9 nitrogen and oxygen atoms in total. The fraction of sp³-hybridized carbons (Fsp3) is 0.867. The maximum Gasteiger partial charge on any atom is 0.472 e. The van der Waals surface area contributed by atoms with Crippen LogP contribution in [0, 0.1) is 0 Å². The highest BCUT2D eigenvalue weighted by atomic mass is 31.2. The summed E-state index contributed by atoms with van der Waals surface area (Å²) in [6.07, 6.45) is 68.1. The number of esters is 2. The van der Waals surface area contributed by atoms with Crippen molar-refractivity contribution in [3.8, 4) is 0 Å². The van der Waals surface area contributed by atoms with Crippen LogP contribution in [0.2, 0.25) is 0 Å². The van der Waals surface area contributed by atoms with Gasteiger partial charge in [-0.1, -0.05) is 256 Å². The summed E-state index contributed by atoms with van der Waals surface area (Å²) in [5, 5.41) is 0. The predicted molar refractivity (Wildman–Crippen MR) is 298 cm³/mol. The molecule has 2 atom stereocenters. The molecule has 3 N–H and O–H groups in total. The van der Waals surface area contributed by atoms with Crippen LogP contribution in [-0.2, 0) is 32.7 Å². The highest BCUT2D eigenvalue weighted by molar-refractivity contribution is 7.47. The molecule has 0 rings (SSSR count). The summed E-state index contributed by atoms with van der Waals surface area (Å²) in [5.74, 6) is -0.826. The van der Waals surface area contributed by atoms with E-state index in [1.54, 1.807) is 0 Å². The second kappa shape index (κ2) is 56.5. The van der Waals surface area contributed by atoms with Crippen LogP contribution in [0.1, 0.15) is 303 Å². The molecule has 0 amide bonds. The van der Waals surface area contributed by atoms with Crippen molar-refractivity contribution in [1.29, 1.82) is 0 Å². The zero-order valence-electron chi connectivity index (χ0n) is 46.0. The van der Waals surface area contributed by atoms with Crippen molar-refractivity contribution in [2.45, 2.75) is 309 Å². The normalized spacial score (nSPS) is 13.3. The summed E-state index contributed by atoms with van der Waals surface area (Å²) in [7, 11) is -4.38. The van der Waals surface area contributed by atoms with Gasteiger partial charge in [0.2, 0.25) is 0 Å². The molecule has 0 saturated carbocycles. The van der Waals surface area contributed by atoms with Crippen molar-refractivity contribution in [2.24, 2.45) is 5.73 Å². The fourth-order valence-corrected chi connectivity index (χ4v) is 9.55. The molecule has 0 aromatic heterocycles. The summed E-state index contributed by atoms with van der Waals surface area (Å²) in [4.78, 5) is 35.0. The minimum absolute atomic E-state index is 0.0541. The Labute approximate surface area is 433 Å². The van der Waals surface area contributed by atoms with Crippen LogP contribution in [0.3, 0.4) is 0 Å². The number of rotatable bonds is 57. The van der Waals surface area contributed by atoms with Crippen molar-refractivity contribution in [3.63, 3.8) is 0 Å². The molecule has 0 heterocycles. The molecule has 0 fully saturated rings. The molecule has 0 aliphatic carbocycles. The van der Waals surface area contributed by atoms with Gasteiger partial charge in [-0.15, -0.1) is 0 Å². The largest absolute Gasteiger partial charge is 0.472 e. The molecule has 70 heavy (non-hydrogen) atoms. The van der Waals surface area contributed by atoms with Crippen molar-refractivity contribution < 1.29 is 37.6 Å². The van der Waals surface area contributed by atoms with E-state index in [1.807, 2.05) is 0 Å². The smallest absolute Gasteiger partial charge is 0.462 e. The lowest BCUT2D eigenvalue weighted by atomic mass is 10.0. The minimum atomic E-state index is -4.38. The average molecular weight is 1010 g/mol. The Morgan fingerprint density at radius 2 is 0.743 bits per heavy atom. The number of carbonyl (C=O) groups is 2. The van der Waals surface area contributed by atoms with E-state index >= 15 is 0 Å². The number of allylic oxidation sites excluding steroid dienone is 6. The van der Waals surface area contributed by atoms with Gasteiger partial charge in [0.05, 0.1) is 13.2 Å². The predicted octanol–water partition coefficient (Wildman–Crippen LogP) is 18.8. The molecule has 412 valence electrons. The van der Waals surface area contributed by atoms with Crippen LogP contribution in [-0.4, -0.2) is 49.3 Å². The Hall–Kier alpha value is -1.77. The summed E-state index contributed by atoms with van der Waals surface area (Å²) in [5.41, 5.74) is 5.37. The number of ether oxygens (including phenoxy) is 2. The Balaban J connectivity index is 3.75. The standard InChI is InChI=1S/C60H114NO8P/c1-3-5-7-9-11-13-15-17-18-19-20-21-22-23-24-25-26-27-28-29-30-31-32-33-34-35-36-37-38-39-40-41-43-45-47-49-51-53-60(63)69-58(57-68-70(64,65)67-55-54-61)56-66-59(62)52-50-48-46-44-42-16-14-12-10-8-6-4-2/h12,14-15,17,19-20,58H,3-11,13,16,18,21-57,61H2,1-2H3,(H,64,65)/b14-12-,17-15-,20-19-.